The van der Waals surface area contributed by atoms with Gasteiger partial charge in [-0.25, -0.2) is 14.8 Å². The largest absolute Gasteiger partial charge is 0.462 e. The van der Waals surface area contributed by atoms with E-state index in [2.05, 4.69) is 16.9 Å². The van der Waals surface area contributed by atoms with Crippen molar-refractivity contribution in [1.82, 2.24) is 9.97 Å². The molecule has 0 aliphatic heterocycles. The van der Waals surface area contributed by atoms with Gasteiger partial charge < -0.3 is 4.74 Å². The van der Waals surface area contributed by atoms with E-state index in [0.717, 1.165) is 23.4 Å². The number of carbonyl (C=O) groups excluding carboxylic acids is 1. The van der Waals surface area contributed by atoms with Crippen molar-refractivity contribution in [3.63, 3.8) is 0 Å². The molecule has 0 bridgehead atoms. The second kappa shape index (κ2) is 7.24. The van der Waals surface area contributed by atoms with Crippen LogP contribution in [0.15, 0.2) is 10.5 Å². The van der Waals surface area contributed by atoms with Crippen molar-refractivity contribution < 1.29 is 9.53 Å². The topological polar surface area (TPSA) is 52.1 Å². The number of aromatic nitrogens is 2. The van der Waals surface area contributed by atoms with Gasteiger partial charge in [0.25, 0.3) is 0 Å². The number of thiophene rings is 1. The first-order valence-electron chi connectivity index (χ1n) is 6.42. The molecule has 0 aliphatic carbocycles. The van der Waals surface area contributed by atoms with E-state index >= 15 is 0 Å². The number of fused-ring (bicyclic) bond motifs is 1. The Morgan fingerprint density at radius 2 is 2.25 bits per heavy atom. The number of esters is 1. The SMILES string of the molecule is CCCCSc1nc(Cl)c2c(C(=O)OCC)csc2n1. The molecule has 0 fully saturated rings. The lowest BCUT2D eigenvalue weighted by Crippen LogP contribution is -2.04. The minimum absolute atomic E-state index is 0.318. The molecule has 2 aromatic heterocycles. The van der Waals surface area contributed by atoms with Crippen molar-refractivity contribution in [2.75, 3.05) is 12.4 Å². The Morgan fingerprint density at radius 3 is 2.95 bits per heavy atom. The van der Waals surface area contributed by atoms with Crippen LogP contribution in [0.25, 0.3) is 10.2 Å². The highest BCUT2D eigenvalue weighted by atomic mass is 35.5. The summed E-state index contributed by atoms with van der Waals surface area (Å²) in [6, 6.07) is 0. The quantitative estimate of drug-likeness (QED) is 0.258. The fraction of sp³-hybridized carbons (Fsp3) is 0.462. The third kappa shape index (κ3) is 3.42. The summed E-state index contributed by atoms with van der Waals surface area (Å²) >= 11 is 9.17. The van der Waals surface area contributed by atoms with E-state index in [0.29, 0.717) is 27.9 Å². The Labute approximate surface area is 130 Å². The summed E-state index contributed by atoms with van der Waals surface area (Å²) in [5, 5.41) is 3.30. The minimum Gasteiger partial charge on any atom is -0.462 e. The first-order valence-corrected chi connectivity index (χ1v) is 8.66. The van der Waals surface area contributed by atoms with Crippen LogP contribution in [0.3, 0.4) is 0 Å². The Kier molecular flexibility index (Phi) is 5.63. The molecule has 0 amide bonds. The van der Waals surface area contributed by atoms with Gasteiger partial charge in [-0.05, 0) is 13.3 Å². The molecule has 108 valence electrons. The lowest BCUT2D eigenvalue weighted by atomic mass is 10.2. The number of ether oxygens (including phenoxy) is 1. The van der Waals surface area contributed by atoms with E-state index in [1.807, 2.05) is 0 Å². The standard InChI is InChI=1S/C13H15ClN2O2S2/c1-3-5-6-19-13-15-10(14)9-8(12(17)18-4-2)7-20-11(9)16-13/h7H,3-6H2,1-2H3. The van der Waals surface area contributed by atoms with Crippen molar-refractivity contribution in [3.05, 3.63) is 16.1 Å². The zero-order valence-electron chi connectivity index (χ0n) is 11.3. The average Bonchev–Trinajstić information content (AvgIpc) is 2.84. The maximum atomic E-state index is 11.8. The highest BCUT2D eigenvalue weighted by Gasteiger charge is 2.18. The van der Waals surface area contributed by atoms with Crippen LogP contribution >= 0.6 is 34.7 Å². The number of carbonyl (C=O) groups is 1. The van der Waals surface area contributed by atoms with Crippen LogP contribution in [0.5, 0.6) is 0 Å². The molecule has 0 saturated carbocycles. The van der Waals surface area contributed by atoms with Gasteiger partial charge in [-0.15, -0.1) is 11.3 Å². The summed E-state index contributed by atoms with van der Waals surface area (Å²) in [6.07, 6.45) is 2.25. The molecule has 4 nitrogen and oxygen atoms in total. The van der Waals surface area contributed by atoms with Crippen LogP contribution < -0.4 is 0 Å². The van der Waals surface area contributed by atoms with E-state index in [1.165, 1.54) is 11.3 Å². The molecule has 20 heavy (non-hydrogen) atoms. The fourth-order valence-corrected chi connectivity index (χ4v) is 3.88. The summed E-state index contributed by atoms with van der Waals surface area (Å²) in [4.78, 5) is 21.3. The summed E-state index contributed by atoms with van der Waals surface area (Å²) in [6.45, 7) is 4.25. The summed E-state index contributed by atoms with van der Waals surface area (Å²) in [5.41, 5.74) is 0.446. The van der Waals surface area contributed by atoms with Crippen molar-refractivity contribution in [2.45, 2.75) is 31.8 Å². The lowest BCUT2D eigenvalue weighted by Gasteiger charge is -2.03. The second-order valence-electron chi connectivity index (χ2n) is 4.05. The molecule has 0 unspecified atom stereocenters. The molecule has 2 heterocycles. The number of unbranched alkanes of at least 4 members (excludes halogenated alkanes) is 1. The van der Waals surface area contributed by atoms with Crippen LogP contribution in [0, 0.1) is 0 Å². The number of rotatable bonds is 6. The molecule has 2 rings (SSSR count). The van der Waals surface area contributed by atoms with E-state index in [4.69, 9.17) is 16.3 Å². The number of halogens is 1. The van der Waals surface area contributed by atoms with Crippen LogP contribution in [0.4, 0.5) is 0 Å². The molecule has 0 saturated heterocycles. The van der Waals surface area contributed by atoms with Gasteiger partial charge in [0, 0.05) is 11.1 Å². The van der Waals surface area contributed by atoms with Gasteiger partial charge >= 0.3 is 5.97 Å². The third-order valence-electron chi connectivity index (χ3n) is 2.59. The Bertz CT molecular complexity index is 616. The molecule has 0 N–H and O–H groups in total. The van der Waals surface area contributed by atoms with Crippen molar-refractivity contribution >= 4 is 50.9 Å². The van der Waals surface area contributed by atoms with Gasteiger partial charge in [0.05, 0.1) is 17.6 Å². The maximum Gasteiger partial charge on any atom is 0.339 e. The van der Waals surface area contributed by atoms with Gasteiger partial charge in [0.1, 0.15) is 9.98 Å². The van der Waals surface area contributed by atoms with E-state index in [-0.39, 0.29) is 5.97 Å². The molecule has 0 aromatic carbocycles. The number of thioether (sulfide) groups is 1. The highest BCUT2D eigenvalue weighted by Crippen LogP contribution is 2.32. The lowest BCUT2D eigenvalue weighted by molar-refractivity contribution is 0.0529. The molecule has 2 aromatic rings. The normalized spacial score (nSPS) is 10.9. The molecule has 0 aliphatic rings. The van der Waals surface area contributed by atoms with Crippen LogP contribution in [0.2, 0.25) is 5.15 Å². The second-order valence-corrected chi connectivity index (χ2v) is 6.33. The number of nitrogens with zero attached hydrogens (tertiary/aromatic N) is 2. The van der Waals surface area contributed by atoms with Crippen molar-refractivity contribution in [1.29, 1.82) is 0 Å². The Balaban J connectivity index is 2.31. The minimum atomic E-state index is -0.379. The zero-order chi connectivity index (χ0) is 14.5. The van der Waals surface area contributed by atoms with Crippen LogP contribution in [0.1, 0.15) is 37.0 Å². The van der Waals surface area contributed by atoms with Crippen LogP contribution in [-0.2, 0) is 4.74 Å². The van der Waals surface area contributed by atoms with E-state index in [9.17, 15) is 4.79 Å². The Morgan fingerprint density at radius 1 is 1.45 bits per heavy atom. The molecule has 7 heteroatoms. The average molecular weight is 331 g/mol. The van der Waals surface area contributed by atoms with Gasteiger partial charge in [0.2, 0.25) is 0 Å². The predicted octanol–water partition coefficient (Wildman–Crippen LogP) is 4.41. The van der Waals surface area contributed by atoms with Gasteiger partial charge in [-0.3, -0.25) is 0 Å². The number of hydrogen-bond acceptors (Lipinski definition) is 6. The van der Waals surface area contributed by atoms with Crippen LogP contribution in [-0.4, -0.2) is 28.3 Å². The molecule has 0 atom stereocenters. The first kappa shape index (κ1) is 15.5. The van der Waals surface area contributed by atoms with Crippen molar-refractivity contribution in [3.8, 4) is 0 Å². The number of hydrogen-bond donors (Lipinski definition) is 0. The smallest absolute Gasteiger partial charge is 0.339 e. The molecule has 0 spiro atoms. The monoisotopic (exact) mass is 330 g/mol. The van der Waals surface area contributed by atoms with Gasteiger partial charge in [-0.2, -0.15) is 0 Å². The zero-order valence-corrected chi connectivity index (χ0v) is 13.7. The molecular formula is C13H15ClN2O2S2. The third-order valence-corrected chi connectivity index (χ3v) is 4.67. The maximum absolute atomic E-state index is 11.8. The summed E-state index contributed by atoms with van der Waals surface area (Å²) < 4.78 is 5.01. The van der Waals surface area contributed by atoms with E-state index < -0.39 is 0 Å². The van der Waals surface area contributed by atoms with Gasteiger partial charge in [-0.1, -0.05) is 36.7 Å². The van der Waals surface area contributed by atoms with E-state index in [1.54, 1.807) is 24.1 Å². The Hall–Kier alpha value is -0.850. The first-order chi connectivity index (χ1) is 9.67. The predicted molar refractivity (Wildman–Crippen MR) is 84.0 cm³/mol. The fourth-order valence-electron chi connectivity index (χ4n) is 1.61. The molecule has 0 radical (unpaired) electrons. The molecular weight excluding hydrogens is 316 g/mol. The van der Waals surface area contributed by atoms with Crippen molar-refractivity contribution in [2.24, 2.45) is 0 Å². The highest BCUT2D eigenvalue weighted by molar-refractivity contribution is 7.99. The van der Waals surface area contributed by atoms with Gasteiger partial charge in [0.15, 0.2) is 5.16 Å². The summed E-state index contributed by atoms with van der Waals surface area (Å²) in [7, 11) is 0. The summed E-state index contributed by atoms with van der Waals surface area (Å²) in [5.74, 6) is 0.588.